The maximum absolute atomic E-state index is 12.2. The molecule has 2 N–H and O–H groups in total. The zero-order valence-electron chi connectivity index (χ0n) is 15.4. The molecule has 0 aliphatic rings. The maximum Gasteiger partial charge on any atom is 0.319 e. The summed E-state index contributed by atoms with van der Waals surface area (Å²) in [5, 5.41) is 5.93. The van der Waals surface area contributed by atoms with Gasteiger partial charge in [0.15, 0.2) is 0 Å². The van der Waals surface area contributed by atoms with Crippen molar-refractivity contribution >= 4 is 11.7 Å². The van der Waals surface area contributed by atoms with Gasteiger partial charge in [-0.25, -0.2) is 4.79 Å². The Bertz CT molecular complexity index is 714. The van der Waals surface area contributed by atoms with E-state index >= 15 is 0 Å². The number of benzene rings is 2. The number of anilines is 1. The summed E-state index contributed by atoms with van der Waals surface area (Å²) in [4.78, 5) is 12.2. The monoisotopic (exact) mass is 324 g/mol. The summed E-state index contributed by atoms with van der Waals surface area (Å²) in [6.45, 7) is 11.3. The van der Waals surface area contributed by atoms with E-state index in [2.05, 4.69) is 69.5 Å². The summed E-state index contributed by atoms with van der Waals surface area (Å²) < 4.78 is 0. The summed E-state index contributed by atoms with van der Waals surface area (Å²) in [7, 11) is 0. The van der Waals surface area contributed by atoms with Gasteiger partial charge in [-0.05, 0) is 48.4 Å². The van der Waals surface area contributed by atoms with Gasteiger partial charge in [-0.1, -0.05) is 62.7 Å². The third-order valence-electron chi connectivity index (χ3n) is 4.16. The molecule has 0 saturated carbocycles. The minimum atomic E-state index is -0.156. The van der Waals surface area contributed by atoms with Crippen LogP contribution in [0.4, 0.5) is 10.5 Å². The van der Waals surface area contributed by atoms with Crippen molar-refractivity contribution in [1.29, 1.82) is 0 Å². The molecule has 3 heteroatoms. The van der Waals surface area contributed by atoms with E-state index in [0.717, 1.165) is 17.7 Å². The second kappa shape index (κ2) is 7.52. The van der Waals surface area contributed by atoms with Crippen LogP contribution in [-0.2, 0) is 11.8 Å². The molecule has 2 aromatic carbocycles. The van der Waals surface area contributed by atoms with Crippen molar-refractivity contribution in [2.45, 2.75) is 46.5 Å². The van der Waals surface area contributed by atoms with Gasteiger partial charge in [-0.2, -0.15) is 0 Å². The van der Waals surface area contributed by atoms with Gasteiger partial charge >= 0.3 is 6.03 Å². The highest BCUT2D eigenvalue weighted by Crippen LogP contribution is 2.29. The van der Waals surface area contributed by atoms with Crippen molar-refractivity contribution in [2.75, 3.05) is 11.9 Å². The third kappa shape index (κ3) is 4.85. The lowest BCUT2D eigenvalue weighted by Crippen LogP contribution is -2.31. The Kier molecular flexibility index (Phi) is 5.66. The predicted octanol–water partition coefficient (Wildman–Crippen LogP) is 4.97. The summed E-state index contributed by atoms with van der Waals surface area (Å²) in [6, 6.07) is 14.2. The average molecular weight is 324 g/mol. The quantitative estimate of drug-likeness (QED) is 0.819. The molecule has 0 heterocycles. The average Bonchev–Trinajstić information content (AvgIpc) is 2.49. The van der Waals surface area contributed by atoms with Crippen LogP contribution in [0.2, 0.25) is 0 Å². The van der Waals surface area contributed by atoms with Gasteiger partial charge in [-0.3, -0.25) is 0 Å². The summed E-state index contributed by atoms with van der Waals surface area (Å²) >= 11 is 0. The first-order valence-corrected chi connectivity index (χ1v) is 8.48. The molecule has 128 valence electrons. The largest absolute Gasteiger partial charge is 0.338 e. The summed E-state index contributed by atoms with van der Waals surface area (Å²) in [5.74, 6) is 0. The van der Waals surface area contributed by atoms with Crippen LogP contribution in [0.15, 0.2) is 42.5 Å². The third-order valence-corrected chi connectivity index (χ3v) is 4.16. The van der Waals surface area contributed by atoms with E-state index in [-0.39, 0.29) is 11.4 Å². The zero-order chi connectivity index (χ0) is 17.7. The molecule has 24 heavy (non-hydrogen) atoms. The Morgan fingerprint density at radius 3 is 2.42 bits per heavy atom. The molecule has 0 aromatic heterocycles. The Balaban J connectivity index is 1.93. The van der Waals surface area contributed by atoms with E-state index in [0.29, 0.717) is 6.54 Å². The fourth-order valence-corrected chi connectivity index (χ4v) is 2.85. The van der Waals surface area contributed by atoms with E-state index in [1.54, 1.807) is 0 Å². The number of amides is 2. The number of carbonyl (C=O) groups excluding carboxylic acids is 1. The second-order valence-corrected chi connectivity index (χ2v) is 7.36. The van der Waals surface area contributed by atoms with Crippen molar-refractivity contribution < 1.29 is 4.79 Å². The van der Waals surface area contributed by atoms with Crippen molar-refractivity contribution in [3.63, 3.8) is 0 Å². The smallest absolute Gasteiger partial charge is 0.319 e. The van der Waals surface area contributed by atoms with Crippen LogP contribution in [0.25, 0.3) is 0 Å². The molecule has 3 nitrogen and oxygen atoms in total. The van der Waals surface area contributed by atoms with Gasteiger partial charge in [0.25, 0.3) is 0 Å². The van der Waals surface area contributed by atoms with Crippen molar-refractivity contribution in [3.05, 3.63) is 64.7 Å². The number of urea groups is 1. The molecule has 0 unspecified atom stereocenters. The van der Waals surface area contributed by atoms with Crippen molar-refractivity contribution in [3.8, 4) is 0 Å². The second-order valence-electron chi connectivity index (χ2n) is 7.36. The highest BCUT2D eigenvalue weighted by atomic mass is 16.2. The zero-order valence-corrected chi connectivity index (χ0v) is 15.4. The molecule has 0 spiro atoms. The molecule has 2 rings (SSSR count). The lowest BCUT2D eigenvalue weighted by molar-refractivity contribution is 0.252. The molecule has 0 radical (unpaired) electrons. The number of hydrogen-bond acceptors (Lipinski definition) is 1. The van der Waals surface area contributed by atoms with Crippen LogP contribution in [0.5, 0.6) is 0 Å². The van der Waals surface area contributed by atoms with E-state index in [9.17, 15) is 4.79 Å². The van der Waals surface area contributed by atoms with Gasteiger partial charge in [0.2, 0.25) is 0 Å². The summed E-state index contributed by atoms with van der Waals surface area (Å²) in [6.07, 6.45) is 0.834. The van der Waals surface area contributed by atoms with Gasteiger partial charge < -0.3 is 10.6 Å². The Labute approximate surface area is 145 Å². The minimum absolute atomic E-state index is 0.0110. The number of carbonyl (C=O) groups is 1. The van der Waals surface area contributed by atoms with E-state index < -0.39 is 0 Å². The number of para-hydroxylation sites is 1. The molecule has 0 bridgehead atoms. The predicted molar refractivity (Wildman–Crippen MR) is 102 cm³/mol. The Morgan fingerprint density at radius 1 is 1.04 bits per heavy atom. The molecular formula is C21H28N2O. The van der Waals surface area contributed by atoms with Gasteiger partial charge in [0.1, 0.15) is 0 Å². The normalized spacial score (nSPS) is 11.2. The van der Waals surface area contributed by atoms with Crippen LogP contribution in [0.3, 0.4) is 0 Å². The molecule has 0 saturated heterocycles. The highest BCUT2D eigenvalue weighted by Gasteiger charge is 2.18. The number of aryl methyl sites for hydroxylation is 2. The van der Waals surface area contributed by atoms with E-state index in [1.807, 2.05) is 18.2 Å². The van der Waals surface area contributed by atoms with Gasteiger partial charge in [-0.15, -0.1) is 0 Å². The van der Waals surface area contributed by atoms with Gasteiger partial charge in [0, 0.05) is 12.2 Å². The highest BCUT2D eigenvalue weighted by molar-refractivity contribution is 5.90. The first-order valence-electron chi connectivity index (χ1n) is 8.48. The maximum atomic E-state index is 12.2. The fraction of sp³-hybridized carbons (Fsp3) is 0.381. The lowest BCUT2D eigenvalue weighted by atomic mass is 9.86. The number of rotatable bonds is 4. The molecule has 0 aliphatic heterocycles. The van der Waals surface area contributed by atoms with Crippen LogP contribution < -0.4 is 10.6 Å². The molecule has 2 amide bonds. The number of nitrogens with one attached hydrogen (secondary N) is 2. The number of hydrogen-bond donors (Lipinski definition) is 2. The topological polar surface area (TPSA) is 41.1 Å². The fourth-order valence-electron chi connectivity index (χ4n) is 2.85. The molecular weight excluding hydrogens is 296 g/mol. The molecule has 0 fully saturated rings. The first kappa shape index (κ1) is 18.1. The minimum Gasteiger partial charge on any atom is -0.338 e. The molecule has 0 atom stereocenters. The van der Waals surface area contributed by atoms with Crippen molar-refractivity contribution in [1.82, 2.24) is 5.32 Å². The lowest BCUT2D eigenvalue weighted by Gasteiger charge is -2.23. The van der Waals surface area contributed by atoms with Crippen LogP contribution in [0, 0.1) is 13.8 Å². The standard InChI is InChI=1S/C21H28N2O/c1-15-10-11-17(16(2)14-15)12-13-22-20(24)23-19-9-7-6-8-18(19)21(3,4)5/h6-11,14H,12-13H2,1-5H3,(H2,22,23,24). The first-order chi connectivity index (χ1) is 11.3. The van der Waals surface area contributed by atoms with Gasteiger partial charge in [0.05, 0.1) is 0 Å². The van der Waals surface area contributed by atoms with E-state index in [4.69, 9.17) is 0 Å². The van der Waals surface area contributed by atoms with Crippen LogP contribution in [-0.4, -0.2) is 12.6 Å². The van der Waals surface area contributed by atoms with E-state index in [1.165, 1.54) is 16.7 Å². The van der Waals surface area contributed by atoms with Crippen molar-refractivity contribution in [2.24, 2.45) is 0 Å². The van der Waals surface area contributed by atoms with Crippen LogP contribution in [0.1, 0.15) is 43.0 Å². The molecule has 2 aromatic rings. The SMILES string of the molecule is Cc1ccc(CCNC(=O)Nc2ccccc2C(C)(C)C)c(C)c1. The Morgan fingerprint density at radius 2 is 1.75 bits per heavy atom. The summed E-state index contributed by atoms with van der Waals surface area (Å²) in [5.41, 5.74) is 5.80. The van der Waals surface area contributed by atoms with Crippen LogP contribution >= 0.6 is 0 Å². The Hall–Kier alpha value is -2.29. The molecule has 0 aliphatic carbocycles.